The van der Waals surface area contributed by atoms with Gasteiger partial charge in [0.2, 0.25) is 0 Å². The van der Waals surface area contributed by atoms with E-state index >= 15 is 0 Å². The Morgan fingerprint density at radius 1 is 1.05 bits per heavy atom. The molecule has 2 aromatic carbocycles. The van der Waals surface area contributed by atoms with Crippen molar-refractivity contribution in [2.24, 2.45) is 10.2 Å². The van der Waals surface area contributed by atoms with E-state index in [1.165, 1.54) is 6.07 Å². The summed E-state index contributed by atoms with van der Waals surface area (Å²) in [5.41, 5.74) is 13.1. The summed E-state index contributed by atoms with van der Waals surface area (Å²) in [4.78, 5) is 0. The van der Waals surface area contributed by atoms with E-state index in [-0.39, 0.29) is 17.1 Å². The highest BCUT2D eigenvalue weighted by atomic mass is 32.2. The first-order chi connectivity index (χ1) is 9.58. The number of hydrogen-bond acceptors (Lipinski definition) is 5. The highest BCUT2D eigenvalue weighted by Crippen LogP contribution is 2.35. The number of nitrogens with zero attached hydrogens (tertiary/aromatic N) is 2. The molecule has 0 aromatic heterocycles. The summed E-state index contributed by atoms with van der Waals surface area (Å²) in [7, 11) is 0. The molecular weight excluding hydrogens is 278 g/mol. The quantitative estimate of drug-likeness (QED) is 0.392. The van der Waals surface area contributed by atoms with Crippen molar-refractivity contribution in [2.45, 2.75) is 0 Å². The van der Waals surface area contributed by atoms with E-state index < -0.39 is 11.3 Å². The fourth-order valence-electron chi connectivity index (χ4n) is 1.52. The van der Waals surface area contributed by atoms with Crippen LogP contribution in [0.2, 0.25) is 0 Å². The lowest BCUT2D eigenvalue weighted by Gasteiger charge is -2.10. The summed E-state index contributed by atoms with van der Waals surface area (Å²) in [5, 5.41) is 8.03. The molecule has 1 unspecified atom stereocenters. The fourth-order valence-corrected chi connectivity index (χ4v) is 1.92. The molecule has 7 nitrogen and oxygen atoms in total. The molecule has 0 aliphatic carbocycles. The van der Waals surface area contributed by atoms with Gasteiger partial charge in [0, 0.05) is 0 Å². The summed E-state index contributed by atoms with van der Waals surface area (Å²) in [6, 6.07) is 12.2. The van der Waals surface area contributed by atoms with Crippen LogP contribution >= 0.6 is 0 Å². The molecule has 2 aromatic rings. The summed E-state index contributed by atoms with van der Waals surface area (Å²) in [5.74, 6) is 0. The zero-order valence-corrected chi connectivity index (χ0v) is 11.2. The van der Waals surface area contributed by atoms with E-state index in [2.05, 4.69) is 15.0 Å². The van der Waals surface area contributed by atoms with Gasteiger partial charge in [0.25, 0.3) is 11.3 Å². The summed E-state index contributed by atoms with van der Waals surface area (Å²) < 4.78 is 21.9. The maximum atomic E-state index is 10.8. The molecule has 6 N–H and O–H groups in total. The number of nitrogens with one attached hydrogen (secondary N) is 1. The highest BCUT2D eigenvalue weighted by molar-refractivity contribution is 7.80. The molecular formula is C12H13N5O2S. The monoisotopic (exact) mass is 291 g/mol. The lowest BCUT2D eigenvalue weighted by molar-refractivity contribution is 0.570. The van der Waals surface area contributed by atoms with Gasteiger partial charge in [-0.2, -0.15) is 5.11 Å². The van der Waals surface area contributed by atoms with Crippen LogP contribution in [0.4, 0.5) is 28.4 Å². The maximum Gasteiger partial charge on any atom is 0.259 e. The normalized spacial score (nSPS) is 12.4. The van der Waals surface area contributed by atoms with Crippen molar-refractivity contribution >= 4 is 39.7 Å². The van der Waals surface area contributed by atoms with Gasteiger partial charge in [-0.3, -0.25) is 9.27 Å². The van der Waals surface area contributed by atoms with Gasteiger partial charge in [-0.25, -0.2) is 4.21 Å². The smallest absolute Gasteiger partial charge is 0.259 e. The Morgan fingerprint density at radius 2 is 1.75 bits per heavy atom. The van der Waals surface area contributed by atoms with Gasteiger partial charge in [-0.1, -0.05) is 18.2 Å². The van der Waals surface area contributed by atoms with Crippen molar-refractivity contribution in [3.05, 3.63) is 42.5 Å². The number of hydrogen-bond donors (Lipinski definition) is 4. The lowest BCUT2D eigenvalue weighted by Crippen LogP contribution is -2.07. The molecule has 0 radical (unpaired) electrons. The van der Waals surface area contributed by atoms with Gasteiger partial charge < -0.3 is 11.5 Å². The van der Waals surface area contributed by atoms with Crippen molar-refractivity contribution in [2.75, 3.05) is 16.2 Å². The molecule has 0 heterocycles. The Balaban J connectivity index is 2.33. The molecule has 20 heavy (non-hydrogen) atoms. The number of rotatable bonds is 4. The molecule has 1 atom stereocenters. The molecule has 2 rings (SSSR count). The molecule has 104 valence electrons. The first-order valence-corrected chi connectivity index (χ1v) is 6.71. The Bertz CT molecular complexity index is 660. The average molecular weight is 291 g/mol. The van der Waals surface area contributed by atoms with Crippen LogP contribution in [0, 0.1) is 0 Å². The van der Waals surface area contributed by atoms with Crippen molar-refractivity contribution in [3.8, 4) is 0 Å². The summed E-state index contributed by atoms with van der Waals surface area (Å²) in [6.45, 7) is 0. The molecule has 8 heteroatoms. The minimum atomic E-state index is -2.27. The Labute approximate surface area is 118 Å². The molecule has 0 fully saturated rings. The number of nitrogens with two attached hydrogens (primary N) is 2. The number of nitrogen functional groups attached to an aromatic ring is 2. The Hall–Kier alpha value is -2.45. The SMILES string of the molecule is Nc1ccc(N=Nc2ccccc2)c(N)c1NS(=O)O. The van der Waals surface area contributed by atoms with Crippen molar-refractivity contribution < 1.29 is 8.76 Å². The molecule has 0 saturated carbocycles. The highest BCUT2D eigenvalue weighted by Gasteiger charge is 2.10. The first kappa shape index (κ1) is 14.0. The van der Waals surface area contributed by atoms with E-state index in [0.717, 1.165) is 0 Å². The number of azo groups is 1. The van der Waals surface area contributed by atoms with Crippen molar-refractivity contribution in [1.29, 1.82) is 0 Å². The molecule has 0 amide bonds. The van der Waals surface area contributed by atoms with E-state index in [4.69, 9.17) is 16.0 Å². The third kappa shape index (κ3) is 3.31. The fraction of sp³-hybridized carbons (Fsp3) is 0. The Kier molecular flexibility index (Phi) is 4.28. The second kappa shape index (κ2) is 6.13. The second-order valence-corrected chi connectivity index (χ2v) is 4.55. The molecule has 0 aliphatic heterocycles. The van der Waals surface area contributed by atoms with Gasteiger partial charge >= 0.3 is 0 Å². The largest absolute Gasteiger partial charge is 0.397 e. The van der Waals surface area contributed by atoms with Gasteiger partial charge in [-0.15, -0.1) is 5.11 Å². The third-order valence-corrected chi connectivity index (χ3v) is 2.85. The van der Waals surface area contributed by atoms with Gasteiger partial charge in [0.1, 0.15) is 5.69 Å². The van der Waals surface area contributed by atoms with Crippen LogP contribution in [-0.4, -0.2) is 8.76 Å². The molecule has 0 spiro atoms. The van der Waals surface area contributed by atoms with E-state index in [0.29, 0.717) is 11.4 Å². The zero-order chi connectivity index (χ0) is 14.5. The minimum Gasteiger partial charge on any atom is -0.397 e. The lowest BCUT2D eigenvalue weighted by atomic mass is 10.2. The predicted molar refractivity (Wildman–Crippen MR) is 80.3 cm³/mol. The van der Waals surface area contributed by atoms with Crippen LogP contribution in [0.5, 0.6) is 0 Å². The van der Waals surface area contributed by atoms with Crippen LogP contribution in [0.3, 0.4) is 0 Å². The van der Waals surface area contributed by atoms with Crippen LogP contribution < -0.4 is 16.2 Å². The van der Waals surface area contributed by atoms with Gasteiger partial charge in [0.15, 0.2) is 0 Å². The standard InChI is InChI=1S/C12H13N5O2S/c13-9-6-7-10(11(14)12(9)17-20(18)19)16-15-8-4-2-1-3-5-8/h1-7,17H,13-14H2,(H,18,19). The Morgan fingerprint density at radius 3 is 2.40 bits per heavy atom. The van der Waals surface area contributed by atoms with Crippen LogP contribution in [0.1, 0.15) is 0 Å². The predicted octanol–water partition coefficient (Wildman–Crippen LogP) is 2.81. The zero-order valence-electron chi connectivity index (χ0n) is 10.4. The first-order valence-electron chi connectivity index (χ1n) is 5.60. The number of anilines is 3. The average Bonchev–Trinajstić information content (AvgIpc) is 2.43. The van der Waals surface area contributed by atoms with Gasteiger partial charge in [0.05, 0.1) is 22.7 Å². The minimum absolute atomic E-state index is 0.159. The summed E-state index contributed by atoms with van der Waals surface area (Å²) >= 11 is -2.27. The van der Waals surface area contributed by atoms with Gasteiger partial charge in [-0.05, 0) is 24.3 Å². The topological polar surface area (TPSA) is 126 Å². The van der Waals surface area contributed by atoms with E-state index in [1.54, 1.807) is 18.2 Å². The van der Waals surface area contributed by atoms with E-state index in [1.807, 2.05) is 18.2 Å². The third-order valence-electron chi connectivity index (χ3n) is 2.47. The van der Waals surface area contributed by atoms with Crippen molar-refractivity contribution in [1.82, 2.24) is 0 Å². The second-order valence-electron chi connectivity index (χ2n) is 3.85. The van der Waals surface area contributed by atoms with Crippen molar-refractivity contribution in [3.63, 3.8) is 0 Å². The summed E-state index contributed by atoms with van der Waals surface area (Å²) in [6.07, 6.45) is 0. The van der Waals surface area contributed by atoms with Crippen LogP contribution in [0.15, 0.2) is 52.7 Å². The van der Waals surface area contributed by atoms with Crippen LogP contribution in [-0.2, 0) is 11.3 Å². The maximum absolute atomic E-state index is 10.8. The van der Waals surface area contributed by atoms with E-state index in [9.17, 15) is 4.21 Å². The number of benzene rings is 2. The molecule has 0 saturated heterocycles. The molecule has 0 aliphatic rings. The molecule has 0 bridgehead atoms. The van der Waals surface area contributed by atoms with Crippen LogP contribution in [0.25, 0.3) is 0 Å².